The first-order chi connectivity index (χ1) is 26.1. The van der Waals surface area contributed by atoms with Crippen molar-refractivity contribution < 1.29 is 16.8 Å². The predicted molar refractivity (Wildman–Crippen MR) is 214 cm³/mol. The van der Waals surface area contributed by atoms with Crippen LogP contribution in [0.4, 0.5) is 0 Å². The molecular formula is C40H56N8O4S2. The largest absolute Gasteiger partial charge is 0.301 e. The van der Waals surface area contributed by atoms with E-state index in [0.717, 1.165) is 101 Å². The summed E-state index contributed by atoms with van der Waals surface area (Å²) in [5.74, 6) is 0. The minimum atomic E-state index is -3.64. The molecule has 0 amide bonds. The summed E-state index contributed by atoms with van der Waals surface area (Å²) in [5, 5.41) is 0. The Balaban J connectivity index is 1.28. The van der Waals surface area contributed by atoms with Crippen LogP contribution in [0.25, 0.3) is 0 Å². The molecule has 3 heterocycles. The maximum atomic E-state index is 13.1. The molecule has 1 aliphatic rings. The summed E-state index contributed by atoms with van der Waals surface area (Å²) in [6, 6.07) is 25.8. The van der Waals surface area contributed by atoms with Crippen molar-refractivity contribution >= 4 is 20.0 Å². The maximum Gasteiger partial charge on any atom is 0.240 e. The molecule has 0 unspecified atom stereocenters. The molecule has 5 rings (SSSR count). The Morgan fingerprint density at radius 2 is 0.870 bits per heavy atom. The fraction of sp³-hybridized carbons (Fsp3) is 0.450. The zero-order valence-corrected chi connectivity index (χ0v) is 33.3. The molecule has 0 bridgehead atoms. The lowest BCUT2D eigenvalue weighted by Crippen LogP contribution is -2.44. The first kappa shape index (κ1) is 41.6. The molecule has 54 heavy (non-hydrogen) atoms. The second kappa shape index (κ2) is 20.9. The van der Waals surface area contributed by atoms with Crippen LogP contribution < -0.4 is 9.44 Å². The van der Waals surface area contributed by atoms with Gasteiger partial charge >= 0.3 is 0 Å². The van der Waals surface area contributed by atoms with E-state index in [1.807, 2.05) is 50.5 Å². The molecular weight excluding hydrogens is 721 g/mol. The first-order valence-corrected chi connectivity index (χ1v) is 21.8. The van der Waals surface area contributed by atoms with Gasteiger partial charge in [-0.2, -0.15) is 0 Å². The molecule has 0 saturated carbocycles. The van der Waals surface area contributed by atoms with Crippen molar-refractivity contribution in [3.05, 3.63) is 120 Å². The van der Waals surface area contributed by atoms with Crippen LogP contribution in [-0.2, 0) is 33.1 Å². The van der Waals surface area contributed by atoms with E-state index in [1.54, 1.807) is 48.5 Å². The Morgan fingerprint density at radius 1 is 0.500 bits per heavy atom. The Kier molecular flexibility index (Phi) is 16.1. The van der Waals surface area contributed by atoms with Gasteiger partial charge in [-0.15, -0.1) is 0 Å². The van der Waals surface area contributed by atoms with E-state index in [4.69, 9.17) is 0 Å². The quantitative estimate of drug-likeness (QED) is 0.195. The molecule has 2 aromatic heterocycles. The van der Waals surface area contributed by atoms with Crippen LogP contribution in [0.3, 0.4) is 0 Å². The van der Waals surface area contributed by atoms with Crippen LogP contribution in [-0.4, -0.2) is 125 Å². The zero-order valence-electron chi connectivity index (χ0n) is 31.7. The van der Waals surface area contributed by atoms with E-state index in [2.05, 4.69) is 51.1 Å². The number of aryl methyl sites for hydroxylation is 2. The minimum absolute atomic E-state index is 0.260. The van der Waals surface area contributed by atoms with Crippen molar-refractivity contribution in [1.82, 2.24) is 39.0 Å². The molecule has 1 fully saturated rings. The Bertz CT molecular complexity index is 1760. The van der Waals surface area contributed by atoms with Gasteiger partial charge in [0.2, 0.25) is 20.0 Å². The molecule has 1 aliphatic heterocycles. The summed E-state index contributed by atoms with van der Waals surface area (Å²) in [4.78, 5) is 19.3. The maximum absolute atomic E-state index is 13.1. The predicted octanol–water partition coefficient (Wildman–Crippen LogP) is 3.75. The van der Waals surface area contributed by atoms with E-state index in [-0.39, 0.29) is 22.9 Å². The van der Waals surface area contributed by atoms with E-state index < -0.39 is 20.0 Å². The molecule has 0 spiro atoms. The number of hydrogen-bond acceptors (Lipinski definition) is 10. The van der Waals surface area contributed by atoms with Gasteiger partial charge in [0.1, 0.15) is 0 Å². The van der Waals surface area contributed by atoms with Gasteiger partial charge in [0, 0.05) is 77.8 Å². The summed E-state index contributed by atoms with van der Waals surface area (Å²) in [7, 11) is -7.27. The lowest BCUT2D eigenvalue weighted by atomic mass is 10.2. The SMILES string of the molecule is Cc1ccc(S(=O)(=O)NCCN2CCCN(Cc3ccccn3)CCN(Cc3ccccn3)CCCN(CCNS(=O)(=O)c3ccc(C)cc3)CC2)cc1. The van der Waals surface area contributed by atoms with Gasteiger partial charge in [0.05, 0.1) is 21.2 Å². The zero-order chi connectivity index (χ0) is 38.2. The normalized spacial score (nSPS) is 16.9. The number of benzene rings is 2. The van der Waals surface area contributed by atoms with Crippen LogP contribution in [0.15, 0.2) is 107 Å². The molecule has 2 aromatic carbocycles. The second-order valence-electron chi connectivity index (χ2n) is 14.0. The van der Waals surface area contributed by atoms with Crippen molar-refractivity contribution in [2.45, 2.75) is 49.6 Å². The van der Waals surface area contributed by atoms with E-state index in [0.29, 0.717) is 13.1 Å². The molecule has 1 saturated heterocycles. The van der Waals surface area contributed by atoms with Gasteiger partial charge in [-0.1, -0.05) is 47.5 Å². The lowest BCUT2D eigenvalue weighted by molar-refractivity contribution is 0.153. The smallest absolute Gasteiger partial charge is 0.240 e. The Labute approximate surface area is 322 Å². The molecule has 14 heteroatoms. The number of rotatable bonds is 14. The van der Waals surface area contributed by atoms with Crippen molar-refractivity contribution in [1.29, 1.82) is 0 Å². The average molecular weight is 777 g/mol. The number of pyridine rings is 2. The molecule has 4 aromatic rings. The van der Waals surface area contributed by atoms with Gasteiger partial charge < -0.3 is 9.80 Å². The third-order valence-electron chi connectivity index (χ3n) is 9.69. The number of aromatic nitrogens is 2. The summed E-state index contributed by atoms with van der Waals surface area (Å²) < 4.78 is 57.9. The number of hydrogen-bond donors (Lipinski definition) is 2. The molecule has 2 N–H and O–H groups in total. The average Bonchev–Trinajstić information content (AvgIpc) is 3.16. The van der Waals surface area contributed by atoms with E-state index in [1.165, 1.54) is 0 Å². The first-order valence-electron chi connectivity index (χ1n) is 18.9. The monoisotopic (exact) mass is 776 g/mol. The number of nitrogens with zero attached hydrogens (tertiary/aromatic N) is 6. The number of sulfonamides is 2. The highest BCUT2D eigenvalue weighted by atomic mass is 32.2. The highest BCUT2D eigenvalue weighted by Crippen LogP contribution is 2.12. The second-order valence-corrected chi connectivity index (χ2v) is 17.5. The summed E-state index contributed by atoms with van der Waals surface area (Å²) >= 11 is 0. The van der Waals surface area contributed by atoms with Crippen LogP contribution in [0.5, 0.6) is 0 Å². The third kappa shape index (κ3) is 13.9. The Morgan fingerprint density at radius 3 is 1.24 bits per heavy atom. The topological polar surface area (TPSA) is 131 Å². The van der Waals surface area contributed by atoms with Gasteiger partial charge in [-0.05, 0) is 101 Å². The van der Waals surface area contributed by atoms with Crippen LogP contribution in [0, 0.1) is 13.8 Å². The summed E-state index contributed by atoms with van der Waals surface area (Å²) in [5.41, 5.74) is 4.08. The van der Waals surface area contributed by atoms with Crippen molar-refractivity contribution in [2.24, 2.45) is 0 Å². The lowest BCUT2D eigenvalue weighted by Gasteiger charge is -2.32. The highest BCUT2D eigenvalue weighted by molar-refractivity contribution is 7.89. The summed E-state index contributed by atoms with van der Waals surface area (Å²) in [6.07, 6.45) is 5.47. The van der Waals surface area contributed by atoms with Crippen molar-refractivity contribution in [3.63, 3.8) is 0 Å². The third-order valence-corrected chi connectivity index (χ3v) is 12.6. The molecule has 292 valence electrons. The van der Waals surface area contributed by atoms with Gasteiger partial charge in [0.15, 0.2) is 0 Å². The highest BCUT2D eigenvalue weighted by Gasteiger charge is 2.19. The van der Waals surface area contributed by atoms with Crippen molar-refractivity contribution in [2.75, 3.05) is 78.5 Å². The van der Waals surface area contributed by atoms with E-state index >= 15 is 0 Å². The molecule has 0 aliphatic carbocycles. The summed E-state index contributed by atoms with van der Waals surface area (Å²) in [6.45, 7) is 13.5. The fourth-order valence-electron chi connectivity index (χ4n) is 6.53. The fourth-order valence-corrected chi connectivity index (χ4v) is 8.57. The standard InChI is InChI=1S/C40H56N8O4S2/c1-35-11-15-39(16-12-35)53(49,50)43-21-27-45-23-7-25-47(33-37-9-3-5-19-41-37)31-32-48(34-38-10-4-6-20-42-38)26-8-24-46(30-29-45)28-22-44-54(51,52)40-17-13-36(2)14-18-40/h3-6,9-20,43-44H,7-8,21-34H2,1-2H3. The molecule has 0 atom stereocenters. The van der Waals surface area contributed by atoms with Crippen LogP contribution in [0.1, 0.15) is 35.4 Å². The van der Waals surface area contributed by atoms with Gasteiger partial charge in [-0.25, -0.2) is 26.3 Å². The van der Waals surface area contributed by atoms with E-state index in [9.17, 15) is 16.8 Å². The van der Waals surface area contributed by atoms with Crippen molar-refractivity contribution in [3.8, 4) is 0 Å². The van der Waals surface area contributed by atoms with Gasteiger partial charge in [-0.3, -0.25) is 19.8 Å². The van der Waals surface area contributed by atoms with Crippen LogP contribution >= 0.6 is 0 Å². The van der Waals surface area contributed by atoms with Gasteiger partial charge in [0.25, 0.3) is 0 Å². The number of nitrogens with one attached hydrogen (secondary N) is 2. The minimum Gasteiger partial charge on any atom is -0.301 e. The Hall–Kier alpha value is -3.60. The molecule has 0 radical (unpaired) electrons. The molecule has 12 nitrogen and oxygen atoms in total. The van der Waals surface area contributed by atoms with Crippen LogP contribution in [0.2, 0.25) is 0 Å².